The van der Waals surface area contributed by atoms with Crippen molar-refractivity contribution in [2.75, 3.05) is 61.0 Å². The van der Waals surface area contributed by atoms with Crippen LogP contribution in [0.1, 0.15) is 31.5 Å². The van der Waals surface area contributed by atoms with Gasteiger partial charge in [0.05, 0.1) is 22.5 Å². The van der Waals surface area contributed by atoms with Gasteiger partial charge in [0.25, 0.3) is 0 Å². The van der Waals surface area contributed by atoms with Crippen LogP contribution in [0, 0.1) is 18.7 Å². The molecule has 0 radical (unpaired) electrons. The lowest BCUT2D eigenvalue weighted by Gasteiger charge is -2.57. The van der Waals surface area contributed by atoms with Gasteiger partial charge in [0, 0.05) is 76.4 Å². The van der Waals surface area contributed by atoms with Crippen LogP contribution in [0.25, 0.3) is 0 Å². The van der Waals surface area contributed by atoms with Crippen molar-refractivity contribution in [3.63, 3.8) is 0 Å². The molecule has 5 heterocycles. The van der Waals surface area contributed by atoms with Gasteiger partial charge in [-0.3, -0.25) is 19.4 Å². The normalized spacial score (nSPS) is 27.6. The fourth-order valence-electron chi connectivity index (χ4n) is 7.31. The molecule has 6 rings (SSSR count). The van der Waals surface area contributed by atoms with E-state index in [0.29, 0.717) is 18.8 Å². The highest BCUT2D eigenvalue weighted by Crippen LogP contribution is 2.41. The first-order valence-corrected chi connectivity index (χ1v) is 14.7. The van der Waals surface area contributed by atoms with Crippen molar-refractivity contribution >= 4 is 29.0 Å². The van der Waals surface area contributed by atoms with Crippen LogP contribution >= 0.6 is 0 Å². The van der Waals surface area contributed by atoms with E-state index in [2.05, 4.69) is 34.4 Å². The van der Waals surface area contributed by atoms with E-state index < -0.39 is 41.3 Å². The number of hydrogen-bond donors (Lipinski definition) is 2. The average Bonchev–Trinajstić information content (AvgIpc) is 3.24. The van der Waals surface area contributed by atoms with E-state index in [-0.39, 0.29) is 47.8 Å². The first kappa shape index (κ1) is 29.8. The van der Waals surface area contributed by atoms with Crippen LogP contribution in [-0.2, 0) is 15.8 Å². The predicted molar refractivity (Wildman–Crippen MR) is 155 cm³/mol. The number of likely N-dealkylation sites (N-methyl/N-ethyl adjacent to an activating group) is 1. The SMILES string of the molecule is Cc1cc(C(F)(F)F)cc(N2C(=O)C[C@@H]3CN(CCN4C[C@@H](C)NC5(CNC5)C4C)c4c(F)cccc4N(C)C(=O)[C@H]32)n1. The molecule has 2 N–H and O–H groups in total. The van der Waals surface area contributed by atoms with Crippen LogP contribution in [0.4, 0.5) is 34.8 Å². The van der Waals surface area contributed by atoms with Crippen LogP contribution in [-0.4, -0.2) is 91.7 Å². The number of carbonyl (C=O) groups is 2. The van der Waals surface area contributed by atoms with E-state index in [0.717, 1.165) is 36.7 Å². The number of piperazine rings is 1. The average molecular weight is 604 g/mol. The molecule has 4 atom stereocenters. The number of halogens is 4. The number of carbonyl (C=O) groups excluding carboxylic acids is 2. The van der Waals surface area contributed by atoms with Gasteiger partial charge in [0.15, 0.2) is 0 Å². The second kappa shape index (κ2) is 10.7. The van der Waals surface area contributed by atoms with Crippen LogP contribution < -0.4 is 25.3 Å². The Morgan fingerprint density at radius 1 is 1.09 bits per heavy atom. The maximum atomic E-state index is 15.6. The Bertz CT molecular complexity index is 1430. The van der Waals surface area contributed by atoms with Gasteiger partial charge in [0.1, 0.15) is 17.7 Å². The Kier molecular flexibility index (Phi) is 7.41. The highest BCUT2D eigenvalue weighted by molar-refractivity contribution is 6.10. The van der Waals surface area contributed by atoms with Crippen LogP contribution in [0.15, 0.2) is 30.3 Å². The van der Waals surface area contributed by atoms with Gasteiger partial charge < -0.3 is 20.4 Å². The summed E-state index contributed by atoms with van der Waals surface area (Å²) in [7, 11) is 1.51. The van der Waals surface area contributed by atoms with Gasteiger partial charge in [-0.1, -0.05) is 6.07 Å². The second-order valence-corrected chi connectivity index (χ2v) is 12.5. The Morgan fingerprint density at radius 3 is 2.51 bits per heavy atom. The molecule has 3 fully saturated rings. The summed E-state index contributed by atoms with van der Waals surface area (Å²) in [5.74, 6) is -2.26. The number of alkyl halides is 3. The smallest absolute Gasteiger partial charge is 0.366 e. The lowest BCUT2D eigenvalue weighted by atomic mass is 9.81. The number of anilines is 3. The van der Waals surface area contributed by atoms with E-state index in [1.54, 1.807) is 6.07 Å². The molecule has 9 nitrogen and oxygen atoms in total. The monoisotopic (exact) mass is 603 g/mol. The van der Waals surface area contributed by atoms with E-state index in [1.807, 2.05) is 4.90 Å². The van der Waals surface area contributed by atoms with Crippen molar-refractivity contribution in [3.8, 4) is 0 Å². The first-order chi connectivity index (χ1) is 20.3. The van der Waals surface area contributed by atoms with Crippen molar-refractivity contribution in [2.24, 2.45) is 5.92 Å². The predicted octanol–water partition coefficient (Wildman–Crippen LogP) is 2.78. The largest absolute Gasteiger partial charge is 0.416 e. The molecule has 13 heteroatoms. The third-order valence-corrected chi connectivity index (χ3v) is 9.55. The molecule has 1 aromatic carbocycles. The number of nitrogens with one attached hydrogen (secondary N) is 2. The number of aromatic nitrogens is 1. The molecule has 0 saturated carbocycles. The number of pyridine rings is 1. The Labute approximate surface area is 248 Å². The van der Waals surface area contributed by atoms with Gasteiger partial charge >= 0.3 is 6.18 Å². The van der Waals surface area contributed by atoms with E-state index >= 15 is 4.39 Å². The molecule has 4 aliphatic rings. The lowest BCUT2D eigenvalue weighted by molar-refractivity contribution is -0.137. The Hall–Kier alpha value is -3.29. The van der Waals surface area contributed by atoms with Crippen LogP contribution in [0.2, 0.25) is 0 Å². The standard InChI is InChI=1S/C30H37F4N7O2/c1-17-10-21(30(32,33)34)12-24(36-17)41-25(42)11-20-14-40(9-8-39-13-18(2)37-29(19(39)3)15-35-16-29)27-22(31)6-5-7-23(27)38(4)28(43)26(20)41/h5-7,10,12,18-20,26,35,37H,8-9,11,13-16H2,1-4H3/t18-,19?,20-,26+/m1/s1. The zero-order valence-corrected chi connectivity index (χ0v) is 24.7. The fraction of sp³-hybridized carbons (Fsp3) is 0.567. The second-order valence-electron chi connectivity index (χ2n) is 12.5. The molecule has 2 amide bonds. The number of amides is 2. The minimum absolute atomic E-state index is 0.0245. The molecule has 3 saturated heterocycles. The van der Waals surface area contributed by atoms with Crippen molar-refractivity contribution in [3.05, 3.63) is 47.4 Å². The third-order valence-electron chi connectivity index (χ3n) is 9.55. The number of hydrogen-bond acceptors (Lipinski definition) is 7. The summed E-state index contributed by atoms with van der Waals surface area (Å²) in [6, 6.07) is 5.69. The van der Waals surface area contributed by atoms with Crippen LogP contribution in [0.3, 0.4) is 0 Å². The number of aryl methyl sites for hydroxylation is 1. The molecule has 1 spiro atoms. The lowest BCUT2D eigenvalue weighted by Crippen LogP contribution is -2.80. The molecule has 232 valence electrons. The summed E-state index contributed by atoms with van der Waals surface area (Å²) in [5, 5.41) is 7.10. The molecular formula is C30H37F4N7O2. The molecule has 0 bridgehead atoms. The highest BCUT2D eigenvalue weighted by atomic mass is 19.4. The molecule has 4 aliphatic heterocycles. The summed E-state index contributed by atoms with van der Waals surface area (Å²) in [6.45, 7) is 9.57. The molecule has 1 unspecified atom stereocenters. The van der Waals surface area contributed by atoms with Gasteiger partial charge in [-0.2, -0.15) is 13.2 Å². The van der Waals surface area contributed by atoms with Crippen molar-refractivity contribution in [1.29, 1.82) is 0 Å². The van der Waals surface area contributed by atoms with E-state index in [4.69, 9.17) is 0 Å². The molecule has 1 aromatic heterocycles. The topological polar surface area (TPSA) is 84.1 Å². The number of benzene rings is 1. The number of fused-ring (bicyclic) bond motifs is 2. The molecular weight excluding hydrogens is 566 g/mol. The zero-order chi connectivity index (χ0) is 30.8. The van der Waals surface area contributed by atoms with Gasteiger partial charge in [-0.15, -0.1) is 0 Å². The van der Waals surface area contributed by atoms with Gasteiger partial charge in [-0.05, 0) is 45.0 Å². The van der Waals surface area contributed by atoms with Crippen molar-refractivity contribution in [1.82, 2.24) is 20.5 Å². The minimum atomic E-state index is -4.65. The number of rotatable bonds is 4. The molecule has 43 heavy (non-hydrogen) atoms. The molecule has 2 aromatic rings. The number of nitrogens with zero attached hydrogens (tertiary/aromatic N) is 5. The maximum Gasteiger partial charge on any atom is 0.416 e. The number of para-hydroxylation sites is 1. The summed E-state index contributed by atoms with van der Waals surface area (Å²) in [5.41, 5.74) is -0.251. The van der Waals surface area contributed by atoms with Gasteiger partial charge in [-0.25, -0.2) is 9.37 Å². The summed E-state index contributed by atoms with van der Waals surface area (Å²) in [4.78, 5) is 38.4. The molecule has 0 aliphatic carbocycles. The Morgan fingerprint density at radius 2 is 1.84 bits per heavy atom. The Balaban J connectivity index is 1.35. The van der Waals surface area contributed by atoms with E-state index in [9.17, 15) is 22.8 Å². The van der Waals surface area contributed by atoms with Crippen molar-refractivity contribution < 1.29 is 27.2 Å². The third kappa shape index (κ3) is 5.14. The quantitative estimate of drug-likeness (QED) is 0.521. The summed E-state index contributed by atoms with van der Waals surface area (Å²) in [6.07, 6.45) is -4.72. The van der Waals surface area contributed by atoms with Crippen molar-refractivity contribution in [2.45, 2.75) is 57.0 Å². The van der Waals surface area contributed by atoms with Gasteiger partial charge in [0.2, 0.25) is 11.8 Å². The first-order valence-electron chi connectivity index (χ1n) is 14.7. The maximum absolute atomic E-state index is 15.6. The van der Waals surface area contributed by atoms with Crippen LogP contribution in [0.5, 0.6) is 0 Å². The van der Waals surface area contributed by atoms with E-state index in [1.165, 1.54) is 31.0 Å². The summed E-state index contributed by atoms with van der Waals surface area (Å²) >= 11 is 0. The summed E-state index contributed by atoms with van der Waals surface area (Å²) < 4.78 is 56.6. The fourth-order valence-corrected chi connectivity index (χ4v) is 7.31. The zero-order valence-electron chi connectivity index (χ0n) is 24.7. The highest BCUT2D eigenvalue weighted by Gasteiger charge is 2.51. The minimum Gasteiger partial charge on any atom is -0.366 e.